The molecule has 5 unspecified atom stereocenters. The number of aryl methyl sites for hydroxylation is 1. The lowest BCUT2D eigenvalue weighted by molar-refractivity contribution is -0.349. The zero-order valence-electron chi connectivity index (χ0n) is 29.5. The highest BCUT2D eigenvalue weighted by atomic mass is 32.2. The summed E-state index contributed by atoms with van der Waals surface area (Å²) >= 11 is 0. The number of aliphatic hydroxyl groups excluding tert-OH is 1. The van der Waals surface area contributed by atoms with Gasteiger partial charge in [-0.2, -0.15) is 8.42 Å². The van der Waals surface area contributed by atoms with Crippen LogP contribution in [0.4, 0.5) is 0 Å². The Hall–Kier alpha value is -2.41. The second-order valence-electron chi connectivity index (χ2n) is 14.4. The van der Waals surface area contributed by atoms with Crippen molar-refractivity contribution in [1.29, 1.82) is 0 Å². The molecule has 1 aliphatic heterocycles. The van der Waals surface area contributed by atoms with Crippen LogP contribution in [-0.2, 0) is 28.2 Å². The number of benzene rings is 3. The third-order valence-electron chi connectivity index (χ3n) is 9.08. The Kier molecular flexibility index (Phi) is 12.9. The maximum absolute atomic E-state index is 13.7. The van der Waals surface area contributed by atoms with Crippen molar-refractivity contribution >= 4 is 28.8 Å². The topological polar surface area (TPSA) is 112 Å². The molecule has 1 saturated heterocycles. The molecule has 5 atom stereocenters. The van der Waals surface area contributed by atoms with Crippen molar-refractivity contribution < 1.29 is 36.7 Å². The molecule has 2 N–H and O–H groups in total. The highest BCUT2D eigenvalue weighted by Gasteiger charge is 2.52. The smallest absolute Gasteiger partial charge is 0.299 e. The van der Waals surface area contributed by atoms with Crippen LogP contribution in [0.15, 0.2) is 89.8 Å². The maximum atomic E-state index is 13.7. The van der Waals surface area contributed by atoms with Crippen LogP contribution in [0.1, 0.15) is 85.6 Å². The van der Waals surface area contributed by atoms with Gasteiger partial charge in [-0.3, -0.25) is 0 Å². The quantitative estimate of drug-likeness (QED) is 0.120. The van der Waals surface area contributed by atoms with Crippen molar-refractivity contribution in [2.75, 3.05) is 0 Å². The van der Waals surface area contributed by atoms with Gasteiger partial charge in [-0.25, -0.2) is 4.18 Å². The van der Waals surface area contributed by atoms with Gasteiger partial charge >= 0.3 is 0 Å². The molecule has 3 aromatic carbocycles. The molecular weight excluding hydrogens is 645 g/mol. The number of aliphatic hydroxyl groups is 2. The SMILES string of the molecule is Cc1ccc(S(=O)(=O)OC(CCCC(O)C2(O)CCCC(C)OC(C(C)C)O2)O[Si](c2ccccc2)(c2ccccc2)C(C)(C)C)cc1. The molecule has 0 amide bonds. The van der Waals surface area contributed by atoms with E-state index in [0.29, 0.717) is 12.8 Å². The van der Waals surface area contributed by atoms with E-state index in [4.69, 9.17) is 18.1 Å². The maximum Gasteiger partial charge on any atom is 0.299 e. The Balaban J connectivity index is 1.67. The summed E-state index contributed by atoms with van der Waals surface area (Å²) in [7, 11) is -7.46. The Morgan fingerprint density at radius 3 is 2.02 bits per heavy atom. The van der Waals surface area contributed by atoms with Crippen LogP contribution in [0.5, 0.6) is 0 Å². The molecule has 0 saturated carbocycles. The van der Waals surface area contributed by atoms with Crippen LogP contribution in [-0.4, -0.2) is 57.5 Å². The van der Waals surface area contributed by atoms with E-state index in [9.17, 15) is 18.6 Å². The molecule has 1 aliphatic rings. The van der Waals surface area contributed by atoms with Gasteiger partial charge in [-0.15, -0.1) is 0 Å². The molecule has 1 heterocycles. The minimum absolute atomic E-state index is 0.0221. The lowest BCUT2D eigenvalue weighted by Crippen LogP contribution is -2.68. The van der Waals surface area contributed by atoms with Gasteiger partial charge in [0, 0.05) is 12.3 Å². The fourth-order valence-electron chi connectivity index (χ4n) is 6.39. The monoisotopic (exact) mass is 698 g/mol. The largest absolute Gasteiger partial charge is 0.388 e. The first-order chi connectivity index (χ1) is 22.6. The molecule has 0 aromatic heterocycles. The first-order valence-electron chi connectivity index (χ1n) is 17.1. The van der Waals surface area contributed by atoms with Gasteiger partial charge in [0.25, 0.3) is 18.4 Å². The van der Waals surface area contributed by atoms with Crippen LogP contribution >= 0.6 is 0 Å². The minimum atomic E-state index is -4.23. The van der Waals surface area contributed by atoms with Crippen molar-refractivity contribution in [1.82, 2.24) is 0 Å². The van der Waals surface area contributed by atoms with E-state index in [-0.39, 0.29) is 36.2 Å². The predicted octanol–water partition coefficient (Wildman–Crippen LogP) is 6.41. The number of hydrogen-bond donors (Lipinski definition) is 2. The fourth-order valence-corrected chi connectivity index (χ4v) is 12.0. The highest BCUT2D eigenvalue weighted by molar-refractivity contribution is 7.86. The molecule has 3 aromatic rings. The van der Waals surface area contributed by atoms with E-state index in [1.165, 1.54) is 12.1 Å². The van der Waals surface area contributed by atoms with Crippen molar-refractivity contribution in [3.05, 3.63) is 90.5 Å². The number of hydrogen-bond acceptors (Lipinski definition) is 8. The lowest BCUT2D eigenvalue weighted by atomic mass is 9.96. The molecule has 0 aliphatic carbocycles. The van der Waals surface area contributed by atoms with Gasteiger partial charge in [-0.05, 0) is 73.5 Å². The van der Waals surface area contributed by atoms with E-state index in [2.05, 4.69) is 20.8 Å². The molecule has 0 spiro atoms. The molecule has 10 heteroatoms. The van der Waals surface area contributed by atoms with E-state index in [1.54, 1.807) is 12.1 Å². The summed E-state index contributed by atoms with van der Waals surface area (Å²) in [6.07, 6.45) is -0.935. The minimum Gasteiger partial charge on any atom is -0.388 e. The van der Waals surface area contributed by atoms with Gasteiger partial charge in [0.15, 0.2) is 18.4 Å². The highest BCUT2D eigenvalue weighted by Crippen LogP contribution is 2.39. The molecular formula is C38H54O8SSi. The Morgan fingerprint density at radius 2 is 1.50 bits per heavy atom. The molecule has 8 nitrogen and oxygen atoms in total. The zero-order valence-corrected chi connectivity index (χ0v) is 31.3. The second-order valence-corrected chi connectivity index (χ2v) is 20.3. The summed E-state index contributed by atoms with van der Waals surface area (Å²) in [5, 5.41) is 24.5. The Bertz CT molecular complexity index is 1490. The van der Waals surface area contributed by atoms with Crippen molar-refractivity contribution in [3.8, 4) is 0 Å². The molecule has 4 rings (SSSR count). The first kappa shape index (κ1) is 38.4. The number of rotatable bonds is 13. The summed E-state index contributed by atoms with van der Waals surface area (Å²) < 4.78 is 52.7. The summed E-state index contributed by atoms with van der Waals surface area (Å²) in [4.78, 5) is 0.0374. The van der Waals surface area contributed by atoms with Gasteiger partial charge in [0.05, 0.1) is 11.0 Å². The fraction of sp³-hybridized carbons (Fsp3) is 0.526. The summed E-state index contributed by atoms with van der Waals surface area (Å²) in [5.41, 5.74) is 0.928. The summed E-state index contributed by atoms with van der Waals surface area (Å²) in [6, 6.07) is 26.4. The average Bonchev–Trinajstić information content (AvgIpc) is 3.02. The zero-order chi connectivity index (χ0) is 35.2. The first-order valence-corrected chi connectivity index (χ1v) is 20.4. The summed E-state index contributed by atoms with van der Waals surface area (Å²) in [5.74, 6) is -1.84. The van der Waals surface area contributed by atoms with Crippen LogP contribution in [0.2, 0.25) is 5.04 Å². The third kappa shape index (κ3) is 9.22. The van der Waals surface area contributed by atoms with E-state index < -0.39 is 47.9 Å². The number of ether oxygens (including phenoxy) is 2. The van der Waals surface area contributed by atoms with Gasteiger partial charge in [-0.1, -0.05) is 113 Å². The molecule has 264 valence electrons. The molecule has 48 heavy (non-hydrogen) atoms. The average molecular weight is 699 g/mol. The van der Waals surface area contributed by atoms with Crippen LogP contribution in [0, 0.1) is 12.8 Å². The third-order valence-corrected chi connectivity index (χ3v) is 15.4. The van der Waals surface area contributed by atoms with Crippen molar-refractivity contribution in [2.24, 2.45) is 5.92 Å². The van der Waals surface area contributed by atoms with Crippen molar-refractivity contribution in [2.45, 2.75) is 127 Å². The van der Waals surface area contributed by atoms with Gasteiger partial charge < -0.3 is 24.1 Å². The van der Waals surface area contributed by atoms with E-state index >= 15 is 0 Å². The van der Waals surface area contributed by atoms with Crippen molar-refractivity contribution in [3.63, 3.8) is 0 Å². The van der Waals surface area contributed by atoms with Crippen LogP contribution in [0.25, 0.3) is 0 Å². The van der Waals surface area contributed by atoms with Gasteiger partial charge in [0.1, 0.15) is 6.10 Å². The molecule has 1 fully saturated rings. The van der Waals surface area contributed by atoms with E-state index in [1.807, 2.05) is 88.4 Å². The standard InChI is InChI=1S/C38H54O8SSi/c1-28(2)36-43-30(4)16-15-27-38(40,44-36)34(39)21-14-22-35(45-47(41,42)31-25-23-29(3)24-26-31)46-48(37(5,6)7,32-17-10-8-11-18-32)33-19-12-9-13-20-33/h8-13,17-20,23-26,28,30,34-36,39-40H,14-16,21-22,27H2,1-7H3. The van der Waals surface area contributed by atoms with Gasteiger partial charge in [0.2, 0.25) is 0 Å². The molecule has 0 radical (unpaired) electrons. The van der Waals surface area contributed by atoms with Crippen LogP contribution in [0.3, 0.4) is 0 Å². The van der Waals surface area contributed by atoms with Crippen LogP contribution < -0.4 is 10.4 Å². The summed E-state index contributed by atoms with van der Waals surface area (Å²) in [6.45, 7) is 14.1. The second kappa shape index (κ2) is 16.1. The predicted molar refractivity (Wildman–Crippen MR) is 191 cm³/mol. The molecule has 0 bridgehead atoms. The Labute approximate surface area is 288 Å². The normalized spacial score (nSPS) is 22.5. The van der Waals surface area contributed by atoms with E-state index in [0.717, 1.165) is 22.4 Å². The Morgan fingerprint density at radius 1 is 0.938 bits per heavy atom. The lowest BCUT2D eigenvalue weighted by Gasteiger charge is -2.44.